The SMILES string of the molecule is CC(=O)[O-].CCCCCCCCCCCCOCCO.[Na+]. The summed E-state index contributed by atoms with van der Waals surface area (Å²) < 4.78 is 5.20. The standard InChI is InChI=1S/C14H30O2.C2H4O2.Na/c1-2-3-4-5-6-7-8-9-10-11-13-16-14-12-15;1-2(3)4;/h15H,2-14H2,1H3;1H3,(H,3,4);/q;;+1/p-1. The van der Waals surface area contributed by atoms with Crippen LogP contribution in [-0.4, -0.2) is 30.9 Å². The first-order valence-corrected chi connectivity index (χ1v) is 8.01. The number of carbonyl (C=O) groups excluding carboxylic acids is 1. The Balaban J connectivity index is -0.000000572. The van der Waals surface area contributed by atoms with Crippen molar-refractivity contribution in [1.29, 1.82) is 0 Å². The van der Waals surface area contributed by atoms with Gasteiger partial charge in [-0.1, -0.05) is 64.7 Å². The first-order chi connectivity index (χ1) is 9.65. The Morgan fingerprint density at radius 1 is 0.905 bits per heavy atom. The van der Waals surface area contributed by atoms with Crippen molar-refractivity contribution in [2.45, 2.75) is 78.1 Å². The fourth-order valence-corrected chi connectivity index (χ4v) is 1.86. The molecule has 4 nitrogen and oxygen atoms in total. The van der Waals surface area contributed by atoms with Crippen LogP contribution in [0.5, 0.6) is 0 Å². The maximum absolute atomic E-state index is 8.89. The predicted molar refractivity (Wildman–Crippen MR) is 80.4 cm³/mol. The van der Waals surface area contributed by atoms with E-state index in [-0.39, 0.29) is 36.2 Å². The third-order valence-electron chi connectivity index (χ3n) is 2.88. The fraction of sp³-hybridized carbons (Fsp3) is 0.938. The van der Waals surface area contributed by atoms with Gasteiger partial charge in [-0.25, -0.2) is 0 Å². The molecule has 0 bridgehead atoms. The number of ether oxygens (including phenoxy) is 1. The van der Waals surface area contributed by atoms with Gasteiger partial charge in [-0.3, -0.25) is 0 Å². The summed E-state index contributed by atoms with van der Waals surface area (Å²) in [5, 5.41) is 17.4. The van der Waals surface area contributed by atoms with Crippen molar-refractivity contribution in [1.82, 2.24) is 0 Å². The smallest absolute Gasteiger partial charge is 0.550 e. The van der Waals surface area contributed by atoms with Gasteiger partial charge in [0.1, 0.15) is 0 Å². The van der Waals surface area contributed by atoms with Crippen molar-refractivity contribution in [3.8, 4) is 0 Å². The summed E-state index contributed by atoms with van der Waals surface area (Å²) >= 11 is 0. The minimum atomic E-state index is -1.08. The molecule has 0 aromatic rings. The molecule has 1 N–H and O–H groups in total. The molecule has 0 aliphatic carbocycles. The predicted octanol–water partition coefficient (Wildman–Crippen LogP) is -0.324. The van der Waals surface area contributed by atoms with Gasteiger partial charge in [0.05, 0.1) is 13.2 Å². The number of carboxylic acid groups (broad SMARTS) is 1. The van der Waals surface area contributed by atoms with Gasteiger partial charge >= 0.3 is 29.6 Å². The quantitative estimate of drug-likeness (QED) is 0.374. The van der Waals surface area contributed by atoms with Gasteiger partial charge in [0, 0.05) is 12.6 Å². The molecule has 0 atom stereocenters. The van der Waals surface area contributed by atoms with Crippen LogP contribution in [0.3, 0.4) is 0 Å². The molecule has 122 valence electrons. The van der Waals surface area contributed by atoms with E-state index in [0.29, 0.717) is 6.61 Å². The van der Waals surface area contributed by atoms with Crippen LogP contribution in [0.1, 0.15) is 78.1 Å². The van der Waals surface area contributed by atoms with Gasteiger partial charge < -0.3 is 19.7 Å². The zero-order chi connectivity index (χ0) is 15.5. The number of hydrogen-bond acceptors (Lipinski definition) is 4. The van der Waals surface area contributed by atoms with Crippen molar-refractivity contribution in [2.75, 3.05) is 19.8 Å². The molecular formula is C16H33NaO4. The molecule has 0 rings (SSSR count). The molecule has 0 radical (unpaired) electrons. The van der Waals surface area contributed by atoms with E-state index in [0.717, 1.165) is 20.0 Å². The second-order valence-electron chi connectivity index (χ2n) is 5.01. The van der Waals surface area contributed by atoms with Crippen molar-refractivity contribution in [3.05, 3.63) is 0 Å². The molecule has 0 amide bonds. The van der Waals surface area contributed by atoms with E-state index < -0.39 is 5.97 Å². The first-order valence-electron chi connectivity index (χ1n) is 8.01. The molecule has 5 heteroatoms. The van der Waals surface area contributed by atoms with Crippen LogP contribution in [-0.2, 0) is 9.53 Å². The van der Waals surface area contributed by atoms with Crippen LogP contribution in [0.25, 0.3) is 0 Å². The molecule has 0 unspecified atom stereocenters. The number of unbranched alkanes of at least 4 members (excludes halogenated alkanes) is 9. The summed E-state index contributed by atoms with van der Waals surface area (Å²) in [6.07, 6.45) is 13.6. The average Bonchev–Trinajstić information content (AvgIpc) is 2.39. The molecule has 0 aliphatic heterocycles. The zero-order valence-electron chi connectivity index (χ0n) is 14.4. The maximum Gasteiger partial charge on any atom is 1.00 e. The first kappa shape index (κ1) is 26.3. The van der Waals surface area contributed by atoms with E-state index in [2.05, 4.69) is 6.92 Å². The van der Waals surface area contributed by atoms with Gasteiger partial charge in [-0.05, 0) is 13.3 Å². The Kier molecular flexibility index (Phi) is 31.7. The van der Waals surface area contributed by atoms with Gasteiger partial charge in [-0.15, -0.1) is 0 Å². The van der Waals surface area contributed by atoms with Crippen LogP contribution in [0.15, 0.2) is 0 Å². The normalized spacial score (nSPS) is 9.48. The summed E-state index contributed by atoms with van der Waals surface area (Å²) in [6, 6.07) is 0. The summed E-state index contributed by atoms with van der Waals surface area (Å²) in [6.45, 7) is 4.70. The Morgan fingerprint density at radius 3 is 1.67 bits per heavy atom. The minimum absolute atomic E-state index is 0. The Morgan fingerprint density at radius 2 is 1.29 bits per heavy atom. The van der Waals surface area contributed by atoms with Crippen LogP contribution >= 0.6 is 0 Å². The van der Waals surface area contributed by atoms with Gasteiger partial charge in [0.25, 0.3) is 0 Å². The van der Waals surface area contributed by atoms with E-state index in [1.165, 1.54) is 57.8 Å². The fourth-order valence-electron chi connectivity index (χ4n) is 1.86. The number of aliphatic hydroxyl groups is 1. The molecular weight excluding hydrogens is 279 g/mol. The molecule has 0 spiro atoms. The van der Waals surface area contributed by atoms with E-state index >= 15 is 0 Å². The van der Waals surface area contributed by atoms with Crippen LogP contribution in [0.4, 0.5) is 0 Å². The van der Waals surface area contributed by atoms with Crippen LogP contribution in [0.2, 0.25) is 0 Å². The van der Waals surface area contributed by atoms with E-state index in [9.17, 15) is 0 Å². The van der Waals surface area contributed by atoms with E-state index in [1.807, 2.05) is 0 Å². The number of carbonyl (C=O) groups is 1. The Bertz CT molecular complexity index is 171. The zero-order valence-corrected chi connectivity index (χ0v) is 16.4. The summed E-state index contributed by atoms with van der Waals surface area (Å²) in [5.41, 5.74) is 0. The second kappa shape index (κ2) is 25.3. The summed E-state index contributed by atoms with van der Waals surface area (Å²) in [7, 11) is 0. The number of hydrogen-bond donors (Lipinski definition) is 1. The molecule has 0 saturated heterocycles. The van der Waals surface area contributed by atoms with Crippen molar-refractivity contribution in [3.63, 3.8) is 0 Å². The number of carboxylic acids is 1. The monoisotopic (exact) mass is 312 g/mol. The number of rotatable bonds is 13. The van der Waals surface area contributed by atoms with Gasteiger partial charge in [-0.2, -0.15) is 0 Å². The van der Waals surface area contributed by atoms with Crippen LogP contribution in [0, 0.1) is 0 Å². The second-order valence-corrected chi connectivity index (χ2v) is 5.01. The molecule has 21 heavy (non-hydrogen) atoms. The van der Waals surface area contributed by atoms with Gasteiger partial charge in [0.15, 0.2) is 0 Å². The minimum Gasteiger partial charge on any atom is -0.550 e. The average molecular weight is 312 g/mol. The third-order valence-corrected chi connectivity index (χ3v) is 2.88. The molecule has 0 fully saturated rings. The van der Waals surface area contributed by atoms with Crippen molar-refractivity contribution < 1.29 is 49.3 Å². The molecule has 0 aromatic heterocycles. The molecule has 0 saturated carbocycles. The number of aliphatic hydroxyl groups excluding tert-OH is 1. The maximum atomic E-state index is 8.89. The largest absolute Gasteiger partial charge is 1.00 e. The van der Waals surface area contributed by atoms with E-state index in [1.54, 1.807) is 0 Å². The third kappa shape index (κ3) is 38.5. The Labute approximate surface area is 152 Å². The molecule has 0 aromatic carbocycles. The topological polar surface area (TPSA) is 69.6 Å². The molecule has 0 aliphatic rings. The van der Waals surface area contributed by atoms with Crippen molar-refractivity contribution >= 4 is 5.97 Å². The molecule has 0 heterocycles. The summed E-state index contributed by atoms with van der Waals surface area (Å²) in [5.74, 6) is -1.08. The number of aliphatic carboxylic acids is 1. The van der Waals surface area contributed by atoms with E-state index in [4.69, 9.17) is 19.7 Å². The Hall–Kier alpha value is 0.390. The van der Waals surface area contributed by atoms with Gasteiger partial charge in [0.2, 0.25) is 0 Å². The van der Waals surface area contributed by atoms with Crippen molar-refractivity contribution in [2.24, 2.45) is 0 Å². The summed E-state index contributed by atoms with van der Waals surface area (Å²) in [4.78, 5) is 8.89. The van der Waals surface area contributed by atoms with Crippen LogP contribution < -0.4 is 34.7 Å².